The summed E-state index contributed by atoms with van der Waals surface area (Å²) < 4.78 is 4.89. The number of ether oxygens (including phenoxy) is 1. The number of amides is 1. The first-order chi connectivity index (χ1) is 7.56. The molecule has 16 heavy (non-hydrogen) atoms. The van der Waals surface area contributed by atoms with Gasteiger partial charge in [-0.15, -0.1) is 0 Å². The molecule has 5 nitrogen and oxygen atoms in total. The van der Waals surface area contributed by atoms with Crippen LogP contribution in [0.1, 0.15) is 15.9 Å². The number of methoxy groups -OCH3 is 1. The van der Waals surface area contributed by atoms with Crippen LogP contribution in [0.2, 0.25) is 0 Å². The minimum absolute atomic E-state index is 0.0845. The van der Waals surface area contributed by atoms with Crippen molar-refractivity contribution in [2.24, 2.45) is 5.73 Å². The van der Waals surface area contributed by atoms with Gasteiger partial charge in [0.25, 0.3) is 5.91 Å². The van der Waals surface area contributed by atoms with Gasteiger partial charge in [0.1, 0.15) is 11.3 Å². The van der Waals surface area contributed by atoms with Crippen LogP contribution in [0.25, 0.3) is 0 Å². The van der Waals surface area contributed by atoms with E-state index in [0.717, 1.165) is 0 Å². The number of aromatic carboxylic acids is 1. The molecule has 0 bridgehead atoms. The lowest BCUT2D eigenvalue weighted by Crippen LogP contribution is -2.07. The summed E-state index contributed by atoms with van der Waals surface area (Å²) in [6.45, 7) is 0. The maximum absolute atomic E-state index is 11.0. The molecule has 5 heteroatoms. The third kappa shape index (κ3) is 2.51. The predicted molar refractivity (Wildman–Crippen MR) is 56.0 cm³/mol. The Balaban J connectivity index is 3.35. The minimum Gasteiger partial charge on any atom is -0.496 e. The quantitative estimate of drug-likeness (QED) is 0.697. The number of carbonyl (C=O) groups is 2. The Morgan fingerprint density at radius 2 is 2.12 bits per heavy atom. The second-order valence-corrected chi connectivity index (χ2v) is 2.80. The highest BCUT2D eigenvalue weighted by atomic mass is 16.5. The molecule has 0 fully saturated rings. The van der Waals surface area contributed by atoms with Crippen LogP contribution in [0, 0.1) is 11.8 Å². The van der Waals surface area contributed by atoms with Gasteiger partial charge in [0.15, 0.2) is 0 Å². The molecule has 0 aliphatic carbocycles. The Morgan fingerprint density at radius 1 is 1.44 bits per heavy atom. The van der Waals surface area contributed by atoms with Crippen molar-refractivity contribution in [3.8, 4) is 17.6 Å². The lowest BCUT2D eigenvalue weighted by molar-refractivity contribution is -0.112. The van der Waals surface area contributed by atoms with Crippen LogP contribution in [0.4, 0.5) is 0 Å². The molecule has 1 aromatic carbocycles. The molecule has 3 N–H and O–H groups in total. The summed E-state index contributed by atoms with van der Waals surface area (Å²) >= 11 is 0. The number of nitrogens with two attached hydrogens (primary N) is 1. The fourth-order valence-corrected chi connectivity index (χ4v) is 1.15. The number of hydrogen-bond acceptors (Lipinski definition) is 3. The zero-order chi connectivity index (χ0) is 12.1. The molecule has 0 saturated carbocycles. The van der Waals surface area contributed by atoms with Crippen molar-refractivity contribution in [2.75, 3.05) is 7.11 Å². The van der Waals surface area contributed by atoms with Crippen molar-refractivity contribution in [1.82, 2.24) is 0 Å². The first-order valence-corrected chi connectivity index (χ1v) is 4.28. The van der Waals surface area contributed by atoms with Crippen molar-refractivity contribution in [3.05, 3.63) is 29.3 Å². The summed E-state index contributed by atoms with van der Waals surface area (Å²) in [5.41, 5.74) is 4.95. The SMILES string of the molecule is COc1cccc(C#CC(N)=O)c1C(=O)O. The minimum atomic E-state index is -1.17. The first-order valence-electron chi connectivity index (χ1n) is 4.28. The third-order valence-corrected chi connectivity index (χ3v) is 1.78. The lowest BCUT2D eigenvalue weighted by Gasteiger charge is -2.05. The number of carboxylic acid groups (broad SMARTS) is 1. The number of benzene rings is 1. The number of rotatable bonds is 2. The van der Waals surface area contributed by atoms with Crippen LogP contribution in [-0.2, 0) is 4.79 Å². The first kappa shape index (κ1) is 11.6. The van der Waals surface area contributed by atoms with E-state index in [-0.39, 0.29) is 16.9 Å². The van der Waals surface area contributed by atoms with Crippen molar-refractivity contribution < 1.29 is 19.4 Å². The maximum atomic E-state index is 11.0. The van der Waals surface area contributed by atoms with Crippen LogP contribution in [0.5, 0.6) is 5.75 Å². The number of primary amides is 1. The van der Waals surface area contributed by atoms with E-state index in [0.29, 0.717) is 0 Å². The summed E-state index contributed by atoms with van der Waals surface area (Å²) in [4.78, 5) is 21.5. The lowest BCUT2D eigenvalue weighted by atomic mass is 10.1. The topological polar surface area (TPSA) is 89.6 Å². The summed E-state index contributed by atoms with van der Waals surface area (Å²) in [7, 11) is 1.35. The van der Waals surface area contributed by atoms with Gasteiger partial charge >= 0.3 is 5.97 Å². The third-order valence-electron chi connectivity index (χ3n) is 1.78. The van der Waals surface area contributed by atoms with Gasteiger partial charge in [0.05, 0.1) is 7.11 Å². The Hall–Kier alpha value is -2.48. The van der Waals surface area contributed by atoms with Gasteiger partial charge in [-0.25, -0.2) is 4.79 Å². The van der Waals surface area contributed by atoms with Gasteiger partial charge in [-0.2, -0.15) is 0 Å². The van der Waals surface area contributed by atoms with Gasteiger partial charge in [-0.3, -0.25) is 4.79 Å². The van der Waals surface area contributed by atoms with E-state index < -0.39 is 11.9 Å². The van der Waals surface area contributed by atoms with Crippen LogP contribution < -0.4 is 10.5 Å². The highest BCUT2D eigenvalue weighted by Crippen LogP contribution is 2.21. The van der Waals surface area contributed by atoms with Gasteiger partial charge in [0, 0.05) is 11.5 Å². The normalized spacial score (nSPS) is 8.81. The largest absolute Gasteiger partial charge is 0.496 e. The van der Waals surface area contributed by atoms with Gasteiger partial charge in [-0.1, -0.05) is 12.0 Å². The second kappa shape index (κ2) is 4.84. The maximum Gasteiger partial charge on any atom is 0.340 e. The Labute approximate surface area is 91.8 Å². The summed E-state index contributed by atoms with van der Waals surface area (Å²) in [6.07, 6.45) is 0. The fraction of sp³-hybridized carbons (Fsp3) is 0.0909. The van der Waals surface area contributed by atoms with E-state index in [1.165, 1.54) is 19.2 Å². The fourth-order valence-electron chi connectivity index (χ4n) is 1.15. The van der Waals surface area contributed by atoms with Crippen LogP contribution in [0.15, 0.2) is 18.2 Å². The molecule has 0 atom stereocenters. The van der Waals surface area contributed by atoms with E-state index in [2.05, 4.69) is 11.8 Å². The molecule has 1 aromatic rings. The zero-order valence-electron chi connectivity index (χ0n) is 8.48. The highest BCUT2D eigenvalue weighted by Gasteiger charge is 2.14. The molecule has 0 saturated heterocycles. The molecule has 1 rings (SSSR count). The number of carbonyl (C=O) groups excluding carboxylic acids is 1. The molecular formula is C11H9NO4. The van der Waals surface area contributed by atoms with Crippen LogP contribution in [-0.4, -0.2) is 24.1 Å². The van der Waals surface area contributed by atoms with E-state index in [9.17, 15) is 9.59 Å². The van der Waals surface area contributed by atoms with Crippen molar-refractivity contribution in [3.63, 3.8) is 0 Å². The molecule has 0 heterocycles. The molecular weight excluding hydrogens is 210 g/mol. The summed E-state index contributed by atoms with van der Waals surface area (Å²) in [6, 6.07) is 4.55. The smallest absolute Gasteiger partial charge is 0.340 e. The molecule has 82 valence electrons. The Kier molecular flexibility index (Phi) is 3.51. The van der Waals surface area contributed by atoms with Gasteiger partial charge in [-0.05, 0) is 12.1 Å². The van der Waals surface area contributed by atoms with Gasteiger partial charge < -0.3 is 15.6 Å². The number of carboxylic acids is 1. The van der Waals surface area contributed by atoms with E-state index in [1.807, 2.05) is 0 Å². The molecule has 1 amide bonds. The van der Waals surface area contributed by atoms with Crippen molar-refractivity contribution in [2.45, 2.75) is 0 Å². The summed E-state index contributed by atoms with van der Waals surface area (Å²) in [5.74, 6) is 2.65. The average Bonchev–Trinajstić information content (AvgIpc) is 2.25. The van der Waals surface area contributed by atoms with Crippen molar-refractivity contribution in [1.29, 1.82) is 0 Å². The molecule has 0 radical (unpaired) electrons. The average molecular weight is 219 g/mol. The molecule has 0 aliphatic heterocycles. The van der Waals surface area contributed by atoms with E-state index in [4.69, 9.17) is 15.6 Å². The molecule has 0 unspecified atom stereocenters. The van der Waals surface area contributed by atoms with E-state index >= 15 is 0 Å². The van der Waals surface area contributed by atoms with E-state index in [1.54, 1.807) is 6.07 Å². The molecule has 0 aliphatic rings. The predicted octanol–water partition coefficient (Wildman–Crippen LogP) is 0.230. The molecule has 0 aromatic heterocycles. The Morgan fingerprint density at radius 3 is 2.62 bits per heavy atom. The monoisotopic (exact) mass is 219 g/mol. The van der Waals surface area contributed by atoms with Gasteiger partial charge in [0.2, 0.25) is 0 Å². The number of hydrogen-bond donors (Lipinski definition) is 2. The molecule has 0 spiro atoms. The second-order valence-electron chi connectivity index (χ2n) is 2.80. The van der Waals surface area contributed by atoms with Crippen LogP contribution in [0.3, 0.4) is 0 Å². The van der Waals surface area contributed by atoms with Crippen LogP contribution >= 0.6 is 0 Å². The van der Waals surface area contributed by atoms with Crippen molar-refractivity contribution >= 4 is 11.9 Å². The Bertz CT molecular complexity index is 496. The standard InChI is InChI=1S/C11H9NO4/c1-16-8-4-2-3-7(5-6-9(12)13)10(8)11(14)15/h2-4H,1H3,(H2,12,13)(H,14,15). The zero-order valence-corrected chi connectivity index (χ0v) is 8.48. The highest BCUT2D eigenvalue weighted by molar-refractivity contribution is 5.96. The summed E-state index contributed by atoms with van der Waals surface area (Å²) in [5, 5.41) is 8.98.